The Kier molecular flexibility index (Phi) is 3.37. The molecule has 2 heterocycles. The van der Waals surface area contributed by atoms with Gasteiger partial charge in [-0.3, -0.25) is 4.90 Å². The van der Waals surface area contributed by atoms with Gasteiger partial charge in [0.05, 0.1) is 0 Å². The van der Waals surface area contributed by atoms with Gasteiger partial charge in [-0.1, -0.05) is 24.1 Å². The Hall–Kier alpha value is -0.570. The fourth-order valence-electron chi connectivity index (χ4n) is 2.49. The summed E-state index contributed by atoms with van der Waals surface area (Å²) >= 11 is 8.09. The van der Waals surface area contributed by atoms with E-state index in [-0.39, 0.29) is 0 Å². The topological polar surface area (TPSA) is 3.24 Å². The highest BCUT2D eigenvalue weighted by Gasteiger charge is 2.12. The molecule has 0 unspecified atom stereocenters. The molecule has 0 spiro atoms. The summed E-state index contributed by atoms with van der Waals surface area (Å²) in [7, 11) is 0. The lowest BCUT2D eigenvalue weighted by molar-refractivity contribution is 0.223. The van der Waals surface area contributed by atoms with E-state index < -0.39 is 0 Å². The molecule has 2 aromatic rings. The van der Waals surface area contributed by atoms with E-state index in [1.807, 2.05) is 23.5 Å². The highest BCUT2D eigenvalue weighted by molar-refractivity contribution is 7.19. The van der Waals surface area contributed by atoms with E-state index in [0.717, 1.165) is 11.6 Å². The minimum absolute atomic E-state index is 0.878. The average Bonchev–Trinajstić information content (AvgIpc) is 2.74. The molecule has 0 radical (unpaired) electrons. The van der Waals surface area contributed by atoms with Crippen molar-refractivity contribution in [2.24, 2.45) is 0 Å². The smallest absolute Gasteiger partial charge is 0.0492 e. The maximum Gasteiger partial charge on any atom is 0.0492 e. The van der Waals surface area contributed by atoms with Gasteiger partial charge in [0.2, 0.25) is 0 Å². The van der Waals surface area contributed by atoms with Gasteiger partial charge in [0, 0.05) is 26.5 Å². The van der Waals surface area contributed by atoms with Gasteiger partial charge in [0.1, 0.15) is 0 Å². The molecule has 3 heteroatoms. The summed E-state index contributed by atoms with van der Waals surface area (Å²) in [5, 5.41) is 2.09. The van der Waals surface area contributed by atoms with Gasteiger partial charge in [-0.2, -0.15) is 0 Å². The van der Waals surface area contributed by atoms with Crippen LogP contribution in [0.15, 0.2) is 24.3 Å². The number of hydrogen-bond donors (Lipinski definition) is 0. The summed E-state index contributed by atoms with van der Waals surface area (Å²) in [5.74, 6) is 0. The third-order valence-corrected chi connectivity index (χ3v) is 4.80. The molecule has 1 aromatic heterocycles. The Morgan fingerprint density at radius 1 is 1.18 bits per heavy atom. The second-order valence-electron chi connectivity index (χ2n) is 4.70. The van der Waals surface area contributed by atoms with Crippen molar-refractivity contribution in [2.75, 3.05) is 13.1 Å². The molecular formula is C14H16ClNS. The quantitative estimate of drug-likeness (QED) is 0.771. The number of halogens is 1. The van der Waals surface area contributed by atoms with Crippen LogP contribution in [0.3, 0.4) is 0 Å². The average molecular weight is 266 g/mol. The summed E-state index contributed by atoms with van der Waals surface area (Å²) in [6, 6.07) is 8.43. The van der Waals surface area contributed by atoms with Crippen molar-refractivity contribution in [3.8, 4) is 0 Å². The maximum absolute atomic E-state index is 6.21. The number of rotatable bonds is 2. The molecule has 1 aliphatic heterocycles. The van der Waals surface area contributed by atoms with Gasteiger partial charge in [0.15, 0.2) is 0 Å². The highest BCUT2D eigenvalue weighted by atomic mass is 35.5. The van der Waals surface area contributed by atoms with Crippen molar-refractivity contribution < 1.29 is 0 Å². The molecule has 0 N–H and O–H groups in total. The van der Waals surface area contributed by atoms with E-state index in [1.165, 1.54) is 47.3 Å². The molecule has 0 bridgehead atoms. The number of fused-ring (bicyclic) bond motifs is 1. The van der Waals surface area contributed by atoms with Gasteiger partial charge in [-0.05, 0) is 44.1 Å². The van der Waals surface area contributed by atoms with Crippen LogP contribution < -0.4 is 0 Å². The van der Waals surface area contributed by atoms with Gasteiger partial charge >= 0.3 is 0 Å². The number of benzene rings is 1. The van der Waals surface area contributed by atoms with Crippen LogP contribution >= 0.6 is 22.9 Å². The van der Waals surface area contributed by atoms with Crippen molar-refractivity contribution in [3.63, 3.8) is 0 Å². The predicted octanol–water partition coefficient (Wildman–Crippen LogP) is 4.54. The summed E-state index contributed by atoms with van der Waals surface area (Å²) in [6.07, 6.45) is 4.10. The molecular weight excluding hydrogens is 250 g/mol. The molecule has 0 aliphatic carbocycles. The van der Waals surface area contributed by atoms with E-state index in [2.05, 4.69) is 17.0 Å². The lowest BCUT2D eigenvalue weighted by Gasteiger charge is -2.25. The molecule has 1 saturated heterocycles. The lowest BCUT2D eigenvalue weighted by atomic mass is 10.1. The van der Waals surface area contributed by atoms with Crippen LogP contribution in [0.5, 0.6) is 0 Å². The maximum atomic E-state index is 6.21. The van der Waals surface area contributed by atoms with Crippen LogP contribution in [0.25, 0.3) is 10.1 Å². The molecule has 3 rings (SSSR count). The van der Waals surface area contributed by atoms with Gasteiger partial charge in [-0.25, -0.2) is 0 Å². The van der Waals surface area contributed by atoms with E-state index >= 15 is 0 Å². The first-order valence-corrected chi connectivity index (χ1v) is 7.42. The van der Waals surface area contributed by atoms with E-state index in [1.54, 1.807) is 0 Å². The van der Waals surface area contributed by atoms with Crippen molar-refractivity contribution in [1.29, 1.82) is 0 Å². The zero-order chi connectivity index (χ0) is 11.7. The summed E-state index contributed by atoms with van der Waals surface area (Å²) in [4.78, 5) is 4.00. The Bertz CT molecular complexity index is 514. The summed E-state index contributed by atoms with van der Waals surface area (Å²) in [6.45, 7) is 3.60. The SMILES string of the molecule is Clc1cccc2sc(CN3CCCCC3)cc12. The molecule has 1 fully saturated rings. The first-order chi connectivity index (χ1) is 8.33. The predicted molar refractivity (Wildman–Crippen MR) is 76.0 cm³/mol. The van der Waals surface area contributed by atoms with Crippen LogP contribution in [-0.4, -0.2) is 18.0 Å². The number of likely N-dealkylation sites (tertiary alicyclic amines) is 1. The number of thiophene rings is 1. The lowest BCUT2D eigenvalue weighted by Crippen LogP contribution is -2.28. The molecule has 1 aromatic carbocycles. The normalized spacial score (nSPS) is 17.7. The molecule has 1 nitrogen and oxygen atoms in total. The summed E-state index contributed by atoms with van der Waals surface area (Å²) < 4.78 is 1.31. The second-order valence-corrected chi connectivity index (χ2v) is 6.28. The monoisotopic (exact) mass is 265 g/mol. The summed E-state index contributed by atoms with van der Waals surface area (Å²) in [5.41, 5.74) is 0. The van der Waals surface area contributed by atoms with Crippen molar-refractivity contribution in [2.45, 2.75) is 25.8 Å². The molecule has 0 atom stereocenters. The van der Waals surface area contributed by atoms with Crippen molar-refractivity contribution >= 4 is 33.0 Å². The van der Waals surface area contributed by atoms with Crippen LogP contribution in [-0.2, 0) is 6.54 Å². The first-order valence-electron chi connectivity index (χ1n) is 6.22. The Labute approximate surface area is 111 Å². The highest BCUT2D eigenvalue weighted by Crippen LogP contribution is 2.31. The number of nitrogens with zero attached hydrogens (tertiary/aromatic N) is 1. The van der Waals surface area contributed by atoms with Gasteiger partial charge in [-0.15, -0.1) is 11.3 Å². The Morgan fingerprint density at radius 2 is 2.00 bits per heavy atom. The Morgan fingerprint density at radius 3 is 2.76 bits per heavy atom. The van der Waals surface area contributed by atoms with Gasteiger partial charge in [0.25, 0.3) is 0 Å². The van der Waals surface area contributed by atoms with Crippen LogP contribution in [0.4, 0.5) is 0 Å². The number of hydrogen-bond acceptors (Lipinski definition) is 2. The Balaban J connectivity index is 1.83. The largest absolute Gasteiger partial charge is 0.298 e. The molecule has 0 saturated carbocycles. The molecule has 1 aliphatic rings. The molecule has 90 valence electrons. The van der Waals surface area contributed by atoms with E-state index in [9.17, 15) is 0 Å². The minimum atomic E-state index is 0.878. The van der Waals surface area contributed by atoms with Crippen LogP contribution in [0.1, 0.15) is 24.1 Å². The van der Waals surface area contributed by atoms with Crippen LogP contribution in [0.2, 0.25) is 5.02 Å². The molecule has 17 heavy (non-hydrogen) atoms. The fourth-order valence-corrected chi connectivity index (χ4v) is 3.91. The third-order valence-electron chi connectivity index (χ3n) is 3.39. The zero-order valence-corrected chi connectivity index (χ0v) is 11.4. The standard InChI is InChI=1S/C14H16ClNS/c15-13-5-4-6-14-12(13)9-11(17-14)10-16-7-2-1-3-8-16/h4-6,9H,1-3,7-8,10H2. The minimum Gasteiger partial charge on any atom is -0.298 e. The zero-order valence-electron chi connectivity index (χ0n) is 9.79. The van der Waals surface area contributed by atoms with E-state index in [0.29, 0.717) is 0 Å². The first kappa shape index (κ1) is 11.5. The van der Waals surface area contributed by atoms with Gasteiger partial charge < -0.3 is 0 Å². The van der Waals surface area contributed by atoms with Crippen molar-refractivity contribution in [1.82, 2.24) is 4.90 Å². The molecule has 0 amide bonds. The fraction of sp³-hybridized carbons (Fsp3) is 0.429. The number of piperidine rings is 1. The van der Waals surface area contributed by atoms with E-state index in [4.69, 9.17) is 11.6 Å². The van der Waals surface area contributed by atoms with Crippen LogP contribution in [0, 0.1) is 0 Å². The third kappa shape index (κ3) is 2.49. The van der Waals surface area contributed by atoms with Crippen molar-refractivity contribution in [3.05, 3.63) is 34.2 Å². The second kappa shape index (κ2) is 4.97.